The van der Waals surface area contributed by atoms with Crippen LogP contribution >= 0.6 is 27.5 Å². The summed E-state index contributed by atoms with van der Waals surface area (Å²) in [5.41, 5.74) is 2.62. The highest BCUT2D eigenvalue weighted by atomic mass is 79.9. The molecular weight excluding hydrogens is 438 g/mol. The molecule has 0 aliphatic rings. The van der Waals surface area contributed by atoms with Gasteiger partial charge in [-0.25, -0.2) is 0 Å². The largest absolute Gasteiger partial charge is 0.494 e. The van der Waals surface area contributed by atoms with Gasteiger partial charge in [0.25, 0.3) is 0 Å². The molecule has 3 nitrogen and oxygen atoms in total. The van der Waals surface area contributed by atoms with E-state index in [1.807, 2.05) is 79.7 Å². The van der Waals surface area contributed by atoms with Crippen LogP contribution in [-0.4, -0.2) is 12.4 Å². The van der Waals surface area contributed by atoms with E-state index >= 15 is 0 Å². The normalized spacial score (nSPS) is 11.7. The monoisotopic (exact) mass is 457 g/mol. The molecule has 5 heteroatoms. The van der Waals surface area contributed by atoms with Crippen LogP contribution in [0.1, 0.15) is 35.3 Å². The topological polar surface area (TPSA) is 38.3 Å². The van der Waals surface area contributed by atoms with Crippen molar-refractivity contribution in [2.45, 2.75) is 19.4 Å². The smallest absolute Gasteiger partial charge is 0.165 e. The zero-order valence-corrected chi connectivity index (χ0v) is 17.8. The molecule has 28 heavy (non-hydrogen) atoms. The molecule has 0 radical (unpaired) electrons. The van der Waals surface area contributed by atoms with Gasteiger partial charge in [-0.05, 0) is 61.0 Å². The Labute approximate surface area is 178 Å². The number of carbonyl (C=O) groups is 1. The molecule has 1 atom stereocenters. The van der Waals surface area contributed by atoms with Crippen molar-refractivity contribution in [2.24, 2.45) is 0 Å². The summed E-state index contributed by atoms with van der Waals surface area (Å²) in [4.78, 5) is 12.9. The summed E-state index contributed by atoms with van der Waals surface area (Å²) in [6.45, 7) is 2.57. The molecule has 1 unspecified atom stereocenters. The molecule has 3 aromatic carbocycles. The molecule has 0 bridgehead atoms. The molecule has 0 aromatic heterocycles. The van der Waals surface area contributed by atoms with Gasteiger partial charge in [0.2, 0.25) is 0 Å². The van der Waals surface area contributed by atoms with E-state index in [1.165, 1.54) is 0 Å². The van der Waals surface area contributed by atoms with Crippen molar-refractivity contribution in [1.82, 2.24) is 0 Å². The van der Waals surface area contributed by atoms with Gasteiger partial charge in [0.05, 0.1) is 12.6 Å². The summed E-state index contributed by atoms with van der Waals surface area (Å²) in [6.07, 6.45) is 0.332. The number of anilines is 1. The summed E-state index contributed by atoms with van der Waals surface area (Å²) >= 11 is 9.40. The first-order chi connectivity index (χ1) is 13.5. The van der Waals surface area contributed by atoms with Crippen molar-refractivity contribution < 1.29 is 9.53 Å². The Morgan fingerprint density at radius 3 is 2.25 bits per heavy atom. The lowest BCUT2D eigenvalue weighted by atomic mass is 9.97. The molecule has 1 N–H and O–H groups in total. The number of hydrogen-bond acceptors (Lipinski definition) is 3. The zero-order chi connectivity index (χ0) is 19.9. The minimum atomic E-state index is -0.173. The summed E-state index contributed by atoms with van der Waals surface area (Å²) < 4.78 is 6.48. The lowest BCUT2D eigenvalue weighted by Crippen LogP contribution is -2.16. The highest BCUT2D eigenvalue weighted by molar-refractivity contribution is 9.10. The number of halogens is 2. The van der Waals surface area contributed by atoms with Crippen molar-refractivity contribution in [3.8, 4) is 5.75 Å². The van der Waals surface area contributed by atoms with Crippen LogP contribution in [0.2, 0.25) is 5.02 Å². The fourth-order valence-electron chi connectivity index (χ4n) is 2.90. The second kappa shape index (κ2) is 9.76. The lowest BCUT2D eigenvalue weighted by molar-refractivity contribution is 0.0976. The molecule has 0 saturated carbocycles. The Hall–Kier alpha value is -2.30. The number of carbonyl (C=O) groups excluding carboxylic acids is 1. The number of Topliss-reactive ketones (excluding diaryl/α,β-unsaturated/α-hetero) is 1. The van der Waals surface area contributed by atoms with Crippen LogP contribution in [0.15, 0.2) is 77.3 Å². The van der Waals surface area contributed by atoms with E-state index < -0.39 is 0 Å². The number of nitrogens with one attached hydrogen (secondary N) is 1. The average molecular weight is 459 g/mol. The maximum absolute atomic E-state index is 12.9. The Kier molecular flexibility index (Phi) is 7.12. The van der Waals surface area contributed by atoms with Gasteiger partial charge < -0.3 is 10.1 Å². The van der Waals surface area contributed by atoms with Crippen LogP contribution < -0.4 is 10.1 Å². The highest BCUT2D eigenvalue weighted by Crippen LogP contribution is 2.27. The highest BCUT2D eigenvalue weighted by Gasteiger charge is 2.18. The standard InChI is InChI=1S/C23H21BrClNO2/c1-2-28-21-13-5-16(6-14-21)22(26-20-11-9-19(25)10-12-20)15-23(27)17-3-7-18(24)8-4-17/h3-14,22,26H,2,15H2,1H3. The van der Waals surface area contributed by atoms with Gasteiger partial charge in [-0.3, -0.25) is 4.79 Å². The second-order valence-corrected chi connectivity index (χ2v) is 7.69. The fraction of sp³-hybridized carbons (Fsp3) is 0.174. The van der Waals surface area contributed by atoms with E-state index in [0.717, 1.165) is 21.5 Å². The lowest BCUT2D eigenvalue weighted by Gasteiger charge is -2.20. The number of rotatable bonds is 8. The minimum Gasteiger partial charge on any atom is -0.494 e. The van der Waals surface area contributed by atoms with Gasteiger partial charge in [-0.15, -0.1) is 0 Å². The van der Waals surface area contributed by atoms with Gasteiger partial charge in [0.15, 0.2) is 5.78 Å². The van der Waals surface area contributed by atoms with Gasteiger partial charge >= 0.3 is 0 Å². The van der Waals surface area contributed by atoms with E-state index in [4.69, 9.17) is 16.3 Å². The third-order valence-corrected chi connectivity index (χ3v) is 5.11. The van der Waals surface area contributed by atoms with E-state index in [2.05, 4.69) is 21.2 Å². The molecule has 0 aliphatic carbocycles. The zero-order valence-electron chi connectivity index (χ0n) is 15.5. The van der Waals surface area contributed by atoms with Gasteiger partial charge in [0.1, 0.15) is 5.75 Å². The van der Waals surface area contributed by atoms with Crippen molar-refractivity contribution in [3.63, 3.8) is 0 Å². The van der Waals surface area contributed by atoms with Gasteiger partial charge in [-0.2, -0.15) is 0 Å². The molecule has 0 spiro atoms. The predicted octanol–water partition coefficient (Wildman–Crippen LogP) is 6.93. The molecule has 0 heterocycles. The Bertz CT molecular complexity index is 909. The summed E-state index contributed by atoms with van der Waals surface area (Å²) in [5.74, 6) is 0.892. The first kappa shape index (κ1) is 20.4. The Balaban J connectivity index is 1.83. The van der Waals surface area contributed by atoms with Crippen LogP contribution in [0, 0.1) is 0 Å². The van der Waals surface area contributed by atoms with Crippen LogP contribution in [0.25, 0.3) is 0 Å². The molecule has 144 valence electrons. The Morgan fingerprint density at radius 1 is 1.00 bits per heavy atom. The van der Waals surface area contributed by atoms with Crippen LogP contribution in [-0.2, 0) is 0 Å². The molecule has 0 amide bonds. The van der Waals surface area contributed by atoms with E-state index in [-0.39, 0.29) is 11.8 Å². The molecule has 3 aromatic rings. The molecule has 0 fully saturated rings. The van der Waals surface area contributed by atoms with E-state index in [1.54, 1.807) is 0 Å². The van der Waals surface area contributed by atoms with Crippen LogP contribution in [0.3, 0.4) is 0 Å². The summed E-state index contributed by atoms with van der Waals surface area (Å²) in [5, 5.41) is 4.13. The van der Waals surface area contributed by atoms with Crippen LogP contribution in [0.5, 0.6) is 5.75 Å². The fourth-order valence-corrected chi connectivity index (χ4v) is 3.29. The third-order valence-electron chi connectivity index (χ3n) is 4.33. The van der Waals surface area contributed by atoms with E-state index in [0.29, 0.717) is 23.6 Å². The number of ketones is 1. The Morgan fingerprint density at radius 2 is 1.64 bits per heavy atom. The number of hydrogen-bond donors (Lipinski definition) is 1. The summed E-state index contributed by atoms with van der Waals surface area (Å²) in [7, 11) is 0. The molecule has 3 rings (SSSR count). The quantitative estimate of drug-likeness (QED) is 0.372. The third kappa shape index (κ3) is 5.60. The second-order valence-electron chi connectivity index (χ2n) is 6.34. The molecule has 0 aliphatic heterocycles. The van der Waals surface area contributed by atoms with Crippen molar-refractivity contribution in [2.75, 3.05) is 11.9 Å². The predicted molar refractivity (Wildman–Crippen MR) is 119 cm³/mol. The first-order valence-electron chi connectivity index (χ1n) is 9.09. The summed E-state index contributed by atoms with van der Waals surface area (Å²) in [6, 6.07) is 22.6. The van der Waals surface area contributed by atoms with Gasteiger partial charge in [0, 0.05) is 27.2 Å². The maximum atomic E-state index is 12.9. The number of ether oxygens (including phenoxy) is 1. The molecule has 0 saturated heterocycles. The number of benzene rings is 3. The van der Waals surface area contributed by atoms with Crippen molar-refractivity contribution in [1.29, 1.82) is 0 Å². The minimum absolute atomic E-state index is 0.0767. The van der Waals surface area contributed by atoms with Crippen LogP contribution in [0.4, 0.5) is 5.69 Å². The van der Waals surface area contributed by atoms with Crippen molar-refractivity contribution in [3.05, 3.63) is 93.4 Å². The van der Waals surface area contributed by atoms with E-state index in [9.17, 15) is 4.79 Å². The average Bonchev–Trinajstić information content (AvgIpc) is 2.70. The maximum Gasteiger partial charge on any atom is 0.165 e. The first-order valence-corrected chi connectivity index (χ1v) is 10.3. The van der Waals surface area contributed by atoms with Gasteiger partial charge in [-0.1, -0.05) is 51.8 Å². The van der Waals surface area contributed by atoms with Crippen molar-refractivity contribution >= 4 is 39.0 Å². The SMILES string of the molecule is CCOc1ccc(C(CC(=O)c2ccc(Br)cc2)Nc2ccc(Cl)cc2)cc1. The molecular formula is C23H21BrClNO2.